The van der Waals surface area contributed by atoms with E-state index in [1.54, 1.807) is 0 Å². The molecule has 1 N–H and O–H groups in total. The standard InChI is InChI=1S/C13H22N2O3/c1-9-12(10(2)18-14-9)6-15-5-11(7-16)17-13(3,4)8-15/h11,16H,5-8H2,1-4H3. The fourth-order valence-corrected chi connectivity index (χ4v) is 2.58. The number of hydrogen-bond donors (Lipinski definition) is 1. The molecule has 1 aromatic rings. The highest BCUT2D eigenvalue weighted by atomic mass is 16.5. The minimum Gasteiger partial charge on any atom is -0.394 e. The van der Waals surface area contributed by atoms with Gasteiger partial charge in [0.1, 0.15) is 5.76 Å². The van der Waals surface area contributed by atoms with E-state index in [-0.39, 0.29) is 18.3 Å². The molecule has 5 heteroatoms. The average Bonchev–Trinajstić information content (AvgIpc) is 2.58. The zero-order chi connectivity index (χ0) is 13.3. The fourth-order valence-electron chi connectivity index (χ4n) is 2.58. The van der Waals surface area contributed by atoms with Gasteiger partial charge in [0.2, 0.25) is 0 Å². The highest BCUT2D eigenvalue weighted by Crippen LogP contribution is 2.24. The van der Waals surface area contributed by atoms with E-state index < -0.39 is 0 Å². The number of hydrogen-bond acceptors (Lipinski definition) is 5. The first-order valence-electron chi connectivity index (χ1n) is 6.34. The third-order valence-electron chi connectivity index (χ3n) is 3.32. The minimum atomic E-state index is -0.232. The van der Waals surface area contributed by atoms with Crippen molar-refractivity contribution < 1.29 is 14.4 Å². The zero-order valence-corrected chi connectivity index (χ0v) is 11.6. The molecule has 5 nitrogen and oxygen atoms in total. The van der Waals surface area contributed by atoms with Crippen molar-refractivity contribution in [2.24, 2.45) is 0 Å². The summed E-state index contributed by atoms with van der Waals surface area (Å²) in [4.78, 5) is 2.29. The van der Waals surface area contributed by atoms with Crippen LogP contribution in [0.15, 0.2) is 4.52 Å². The molecule has 0 aliphatic carbocycles. The molecule has 0 saturated carbocycles. The van der Waals surface area contributed by atoms with Gasteiger partial charge in [0.05, 0.1) is 24.0 Å². The molecule has 1 fully saturated rings. The SMILES string of the molecule is Cc1noc(C)c1CN1CC(CO)OC(C)(C)C1. The molecule has 1 aliphatic heterocycles. The van der Waals surface area contributed by atoms with Gasteiger partial charge in [-0.1, -0.05) is 5.16 Å². The molecule has 102 valence electrons. The molecule has 0 amide bonds. The lowest BCUT2D eigenvalue weighted by molar-refractivity contribution is -0.150. The first-order valence-corrected chi connectivity index (χ1v) is 6.34. The van der Waals surface area contributed by atoms with Crippen molar-refractivity contribution in [3.05, 3.63) is 17.0 Å². The third kappa shape index (κ3) is 2.91. The van der Waals surface area contributed by atoms with Crippen LogP contribution >= 0.6 is 0 Å². The molecule has 2 rings (SSSR count). The second kappa shape index (κ2) is 4.99. The van der Waals surface area contributed by atoms with Crippen molar-refractivity contribution in [2.45, 2.75) is 45.9 Å². The smallest absolute Gasteiger partial charge is 0.138 e. The van der Waals surface area contributed by atoms with Gasteiger partial charge in [-0.25, -0.2) is 0 Å². The van der Waals surface area contributed by atoms with E-state index in [2.05, 4.69) is 23.9 Å². The maximum absolute atomic E-state index is 9.29. The second-order valence-electron chi connectivity index (χ2n) is 5.65. The number of aliphatic hydroxyl groups excluding tert-OH is 1. The molecule has 1 atom stereocenters. The zero-order valence-electron chi connectivity index (χ0n) is 11.6. The largest absolute Gasteiger partial charge is 0.394 e. The summed E-state index contributed by atoms with van der Waals surface area (Å²) in [7, 11) is 0. The third-order valence-corrected chi connectivity index (χ3v) is 3.32. The topological polar surface area (TPSA) is 58.7 Å². The van der Waals surface area contributed by atoms with E-state index in [1.807, 2.05) is 13.8 Å². The number of ether oxygens (including phenoxy) is 1. The molecule has 2 heterocycles. The fraction of sp³-hybridized carbons (Fsp3) is 0.769. The van der Waals surface area contributed by atoms with Crippen molar-refractivity contribution in [2.75, 3.05) is 19.7 Å². The van der Waals surface area contributed by atoms with Crippen molar-refractivity contribution in [1.29, 1.82) is 0 Å². The lowest BCUT2D eigenvalue weighted by Crippen LogP contribution is -2.53. The summed E-state index contributed by atoms with van der Waals surface area (Å²) in [5.41, 5.74) is 1.85. The van der Waals surface area contributed by atoms with Gasteiger partial charge in [-0.2, -0.15) is 0 Å². The van der Waals surface area contributed by atoms with Gasteiger partial charge in [-0.05, 0) is 27.7 Å². The minimum absolute atomic E-state index is 0.0571. The van der Waals surface area contributed by atoms with Gasteiger partial charge in [-0.15, -0.1) is 0 Å². The van der Waals surface area contributed by atoms with Crippen molar-refractivity contribution in [1.82, 2.24) is 10.1 Å². The number of rotatable bonds is 3. The molecule has 1 saturated heterocycles. The normalized spacial score (nSPS) is 24.4. The highest BCUT2D eigenvalue weighted by Gasteiger charge is 2.33. The van der Waals surface area contributed by atoms with Crippen molar-refractivity contribution >= 4 is 0 Å². The first-order chi connectivity index (χ1) is 8.41. The molecule has 0 bridgehead atoms. The van der Waals surface area contributed by atoms with Crippen LogP contribution in [0.4, 0.5) is 0 Å². The van der Waals surface area contributed by atoms with E-state index >= 15 is 0 Å². The molecule has 1 unspecified atom stereocenters. The predicted octanol–water partition coefficient (Wildman–Crippen LogP) is 1.26. The molecular weight excluding hydrogens is 232 g/mol. The van der Waals surface area contributed by atoms with Crippen LogP contribution in [0.2, 0.25) is 0 Å². The number of aliphatic hydroxyl groups is 1. The second-order valence-corrected chi connectivity index (χ2v) is 5.65. The van der Waals surface area contributed by atoms with Gasteiger partial charge in [0, 0.05) is 25.2 Å². The van der Waals surface area contributed by atoms with Crippen molar-refractivity contribution in [3.63, 3.8) is 0 Å². The molecule has 0 spiro atoms. The Bertz CT molecular complexity index is 395. The van der Waals surface area contributed by atoms with Crippen LogP contribution in [0.1, 0.15) is 30.9 Å². The van der Waals surface area contributed by atoms with Crippen LogP contribution in [0, 0.1) is 13.8 Å². The summed E-state index contributed by atoms with van der Waals surface area (Å²) in [6, 6.07) is 0. The van der Waals surface area contributed by atoms with Crippen LogP contribution in [-0.4, -0.2) is 46.6 Å². The van der Waals surface area contributed by atoms with Gasteiger partial charge >= 0.3 is 0 Å². The summed E-state index contributed by atoms with van der Waals surface area (Å²) in [6.07, 6.45) is -0.116. The van der Waals surface area contributed by atoms with E-state index in [4.69, 9.17) is 9.26 Å². The summed E-state index contributed by atoms with van der Waals surface area (Å²) < 4.78 is 11.0. The van der Waals surface area contributed by atoms with E-state index in [1.165, 1.54) is 0 Å². The van der Waals surface area contributed by atoms with E-state index in [9.17, 15) is 5.11 Å². The Morgan fingerprint density at radius 1 is 1.44 bits per heavy atom. The molecule has 0 aromatic carbocycles. The van der Waals surface area contributed by atoms with E-state index in [0.29, 0.717) is 0 Å². The van der Waals surface area contributed by atoms with Crippen LogP contribution in [0.3, 0.4) is 0 Å². The quantitative estimate of drug-likeness (QED) is 0.880. The molecule has 1 aliphatic rings. The number of aryl methyl sites for hydroxylation is 2. The van der Waals surface area contributed by atoms with Gasteiger partial charge in [0.25, 0.3) is 0 Å². The Balaban J connectivity index is 2.09. The maximum atomic E-state index is 9.29. The van der Waals surface area contributed by atoms with Crippen LogP contribution in [0.25, 0.3) is 0 Å². The highest BCUT2D eigenvalue weighted by molar-refractivity contribution is 5.20. The van der Waals surface area contributed by atoms with Gasteiger partial charge in [-0.3, -0.25) is 4.90 Å². The van der Waals surface area contributed by atoms with Crippen molar-refractivity contribution in [3.8, 4) is 0 Å². The number of morpholine rings is 1. The van der Waals surface area contributed by atoms with Gasteiger partial charge < -0.3 is 14.4 Å². The monoisotopic (exact) mass is 254 g/mol. The Morgan fingerprint density at radius 2 is 2.17 bits per heavy atom. The summed E-state index contributed by atoms with van der Waals surface area (Å²) in [5.74, 6) is 0.873. The predicted molar refractivity (Wildman–Crippen MR) is 67.3 cm³/mol. The Hall–Kier alpha value is -0.910. The molecule has 1 aromatic heterocycles. The number of nitrogens with zero attached hydrogens (tertiary/aromatic N) is 2. The summed E-state index contributed by atoms with van der Waals surface area (Å²) >= 11 is 0. The van der Waals surface area contributed by atoms with Crippen LogP contribution < -0.4 is 0 Å². The lowest BCUT2D eigenvalue weighted by Gasteiger charge is -2.42. The summed E-state index contributed by atoms with van der Waals surface area (Å²) in [5, 5.41) is 13.3. The number of aromatic nitrogens is 1. The molecular formula is C13H22N2O3. The molecule has 0 radical (unpaired) electrons. The van der Waals surface area contributed by atoms with Gasteiger partial charge in [0.15, 0.2) is 0 Å². The maximum Gasteiger partial charge on any atom is 0.138 e. The lowest BCUT2D eigenvalue weighted by atomic mass is 10.0. The van der Waals surface area contributed by atoms with Crippen LogP contribution in [-0.2, 0) is 11.3 Å². The molecule has 18 heavy (non-hydrogen) atoms. The Morgan fingerprint density at radius 3 is 2.72 bits per heavy atom. The average molecular weight is 254 g/mol. The first kappa shape index (κ1) is 13.5. The van der Waals surface area contributed by atoms with E-state index in [0.717, 1.165) is 36.7 Å². The Labute approximate surface area is 108 Å². The Kier molecular flexibility index (Phi) is 3.75. The van der Waals surface area contributed by atoms with Crippen LogP contribution in [0.5, 0.6) is 0 Å². The summed E-state index contributed by atoms with van der Waals surface area (Å²) in [6.45, 7) is 10.4.